The lowest BCUT2D eigenvalue weighted by Gasteiger charge is -2.25. The van der Waals surface area contributed by atoms with Gasteiger partial charge in [0.05, 0.1) is 5.02 Å². The van der Waals surface area contributed by atoms with E-state index in [1.165, 1.54) is 23.1 Å². The molecule has 0 saturated heterocycles. The molecule has 24 heavy (non-hydrogen) atoms. The van der Waals surface area contributed by atoms with Crippen molar-refractivity contribution in [1.82, 2.24) is 10.2 Å². The second kappa shape index (κ2) is 9.01. The number of aromatic nitrogens is 2. The lowest BCUT2D eigenvalue weighted by Crippen LogP contribution is -2.34. The summed E-state index contributed by atoms with van der Waals surface area (Å²) in [5.41, 5.74) is 8.34. The zero-order valence-corrected chi connectivity index (χ0v) is 16.0. The summed E-state index contributed by atoms with van der Waals surface area (Å²) < 4.78 is 0.833. The van der Waals surface area contributed by atoms with Gasteiger partial charge < -0.3 is 11.1 Å². The lowest BCUT2D eigenvalue weighted by molar-refractivity contribution is -0.120. The molecule has 2 unspecified atom stereocenters. The molecule has 1 amide bonds. The predicted octanol–water partition coefficient (Wildman–Crippen LogP) is 4.22. The van der Waals surface area contributed by atoms with Crippen molar-refractivity contribution in [3.63, 3.8) is 0 Å². The Morgan fingerprint density at radius 2 is 2.25 bits per heavy atom. The summed E-state index contributed by atoms with van der Waals surface area (Å²) in [6.07, 6.45) is 3.67. The monoisotopic (exact) mass is 404 g/mol. The van der Waals surface area contributed by atoms with Crippen LogP contribution in [-0.2, 0) is 4.79 Å². The second-order valence-corrected chi connectivity index (χ2v) is 8.09. The Labute approximate surface area is 160 Å². The number of nitrogens with two attached hydrogens (primary N) is 1. The van der Waals surface area contributed by atoms with Gasteiger partial charge in [-0.3, -0.25) is 4.79 Å². The minimum Gasteiger partial charge on any atom is -0.328 e. The molecule has 2 aromatic rings. The molecule has 5 nitrogen and oxygen atoms in total. The van der Waals surface area contributed by atoms with Gasteiger partial charge in [0.1, 0.15) is 5.51 Å². The van der Waals surface area contributed by atoms with Crippen LogP contribution in [0.2, 0.25) is 5.02 Å². The number of carbonyl (C=O) groups excluding carboxylic acids is 1. The number of rotatable bonds is 4. The van der Waals surface area contributed by atoms with E-state index in [4.69, 9.17) is 17.3 Å². The van der Waals surface area contributed by atoms with Gasteiger partial charge in [-0.25, -0.2) is 0 Å². The Bertz CT molecular complexity index is 684. The molecule has 1 saturated carbocycles. The summed E-state index contributed by atoms with van der Waals surface area (Å²) in [4.78, 5) is 13.2. The van der Waals surface area contributed by atoms with E-state index in [0.29, 0.717) is 10.7 Å². The van der Waals surface area contributed by atoms with Gasteiger partial charge in [-0.2, -0.15) is 0 Å². The van der Waals surface area contributed by atoms with E-state index < -0.39 is 0 Å². The van der Waals surface area contributed by atoms with Gasteiger partial charge in [-0.05, 0) is 37.5 Å². The van der Waals surface area contributed by atoms with Crippen molar-refractivity contribution in [2.45, 2.75) is 41.0 Å². The van der Waals surface area contributed by atoms with Crippen molar-refractivity contribution in [3.8, 4) is 0 Å². The highest BCUT2D eigenvalue weighted by atomic mass is 35.5. The quantitative estimate of drug-likeness (QED) is 0.796. The highest BCUT2D eigenvalue weighted by Gasteiger charge is 2.25. The van der Waals surface area contributed by atoms with Crippen molar-refractivity contribution < 1.29 is 4.79 Å². The Balaban J connectivity index is 0.00000208. The van der Waals surface area contributed by atoms with Gasteiger partial charge in [0.25, 0.3) is 0 Å². The van der Waals surface area contributed by atoms with E-state index in [0.717, 1.165) is 34.9 Å². The minimum atomic E-state index is -0.00651. The Morgan fingerprint density at radius 3 is 2.92 bits per heavy atom. The first-order valence-electron chi connectivity index (χ1n) is 7.42. The maximum Gasteiger partial charge on any atom is 0.227 e. The Morgan fingerprint density at radius 1 is 1.42 bits per heavy atom. The van der Waals surface area contributed by atoms with Crippen LogP contribution in [0.1, 0.15) is 25.7 Å². The normalized spacial score (nSPS) is 20.2. The van der Waals surface area contributed by atoms with Crippen LogP contribution in [0.15, 0.2) is 32.9 Å². The van der Waals surface area contributed by atoms with Crippen molar-refractivity contribution in [2.75, 3.05) is 5.32 Å². The number of anilines is 1. The van der Waals surface area contributed by atoms with E-state index in [1.807, 2.05) is 12.1 Å². The second-order valence-electron chi connectivity index (χ2n) is 5.56. The molecule has 0 radical (unpaired) electrons. The summed E-state index contributed by atoms with van der Waals surface area (Å²) >= 11 is 9.22. The van der Waals surface area contributed by atoms with E-state index in [1.54, 1.807) is 11.6 Å². The predicted molar refractivity (Wildman–Crippen MR) is 101 cm³/mol. The molecule has 0 spiro atoms. The number of hydrogen-bond donors (Lipinski definition) is 2. The molecule has 3 N–H and O–H groups in total. The van der Waals surface area contributed by atoms with Crippen LogP contribution >= 0.6 is 47.1 Å². The van der Waals surface area contributed by atoms with E-state index in [9.17, 15) is 4.79 Å². The van der Waals surface area contributed by atoms with Crippen molar-refractivity contribution in [3.05, 3.63) is 28.7 Å². The molecule has 3 rings (SSSR count). The summed E-state index contributed by atoms with van der Waals surface area (Å²) in [5, 5.41) is 11.3. The lowest BCUT2D eigenvalue weighted by atomic mass is 9.85. The number of benzene rings is 1. The van der Waals surface area contributed by atoms with Gasteiger partial charge in [0.2, 0.25) is 5.91 Å². The number of halogens is 2. The van der Waals surface area contributed by atoms with Crippen molar-refractivity contribution >= 4 is 58.7 Å². The average Bonchev–Trinajstić information content (AvgIpc) is 3.03. The summed E-state index contributed by atoms with van der Waals surface area (Å²) in [6, 6.07) is 5.65. The summed E-state index contributed by atoms with van der Waals surface area (Å²) in [5.74, 6) is 0.0220. The van der Waals surface area contributed by atoms with Crippen LogP contribution in [-0.4, -0.2) is 22.1 Å². The van der Waals surface area contributed by atoms with Crippen LogP contribution in [0.25, 0.3) is 0 Å². The molecule has 1 aromatic heterocycles. The highest BCUT2D eigenvalue weighted by molar-refractivity contribution is 8.01. The van der Waals surface area contributed by atoms with Crippen LogP contribution in [0.4, 0.5) is 5.69 Å². The number of nitrogens with one attached hydrogen (secondary N) is 1. The fraction of sp³-hybridized carbons (Fsp3) is 0.400. The Hall–Kier alpha value is -0.860. The van der Waals surface area contributed by atoms with Crippen LogP contribution in [0.3, 0.4) is 0 Å². The zero-order valence-electron chi connectivity index (χ0n) is 12.8. The smallest absolute Gasteiger partial charge is 0.227 e. The Kier molecular flexibility index (Phi) is 7.31. The molecule has 1 aromatic carbocycles. The minimum absolute atomic E-state index is 0. The molecule has 9 heteroatoms. The van der Waals surface area contributed by atoms with E-state index in [-0.39, 0.29) is 30.3 Å². The fourth-order valence-electron chi connectivity index (χ4n) is 2.67. The third-order valence-corrected chi connectivity index (χ3v) is 6.10. The SMILES string of the molecule is Cl.NC1CCCC(C(=O)Nc2ccc(Sc3nncs3)c(Cl)c2)C1. The van der Waals surface area contributed by atoms with Crippen LogP contribution in [0.5, 0.6) is 0 Å². The molecule has 130 valence electrons. The maximum absolute atomic E-state index is 12.3. The molecule has 2 atom stereocenters. The highest BCUT2D eigenvalue weighted by Crippen LogP contribution is 2.35. The molecule has 0 bridgehead atoms. The number of nitrogens with zero attached hydrogens (tertiary/aromatic N) is 2. The molecule has 1 fully saturated rings. The summed E-state index contributed by atoms with van der Waals surface area (Å²) in [7, 11) is 0. The summed E-state index contributed by atoms with van der Waals surface area (Å²) in [6.45, 7) is 0. The van der Waals surface area contributed by atoms with Gasteiger partial charge in [0.15, 0.2) is 4.34 Å². The molecular formula is C15H18Cl2N4OS2. The third kappa shape index (κ3) is 5.07. The van der Waals surface area contributed by atoms with Crippen LogP contribution < -0.4 is 11.1 Å². The van der Waals surface area contributed by atoms with E-state index >= 15 is 0 Å². The number of carbonyl (C=O) groups is 1. The van der Waals surface area contributed by atoms with Crippen LogP contribution in [0, 0.1) is 5.92 Å². The standard InChI is InChI=1S/C15H17ClN4OS2.ClH/c16-12-7-11(4-5-13(12)23-15-20-18-8-22-15)19-14(21)9-2-1-3-10(17)6-9;/h4-5,7-10H,1-3,6,17H2,(H,19,21);1H. The fourth-order valence-corrected chi connectivity index (χ4v) is 4.41. The molecule has 1 aliphatic carbocycles. The van der Waals surface area contributed by atoms with Gasteiger partial charge in [-0.15, -0.1) is 22.6 Å². The first kappa shape index (κ1) is 19.5. The molecular weight excluding hydrogens is 387 g/mol. The third-order valence-electron chi connectivity index (χ3n) is 3.82. The largest absolute Gasteiger partial charge is 0.328 e. The van der Waals surface area contributed by atoms with Crippen molar-refractivity contribution in [2.24, 2.45) is 11.7 Å². The van der Waals surface area contributed by atoms with Crippen molar-refractivity contribution in [1.29, 1.82) is 0 Å². The first-order chi connectivity index (χ1) is 11.1. The topological polar surface area (TPSA) is 80.9 Å². The van der Waals surface area contributed by atoms with E-state index in [2.05, 4.69) is 15.5 Å². The molecule has 1 heterocycles. The molecule has 1 aliphatic rings. The van der Waals surface area contributed by atoms with Gasteiger partial charge in [0, 0.05) is 22.5 Å². The number of hydrogen-bond acceptors (Lipinski definition) is 6. The average molecular weight is 405 g/mol. The van der Waals surface area contributed by atoms with Gasteiger partial charge in [-0.1, -0.05) is 41.1 Å². The maximum atomic E-state index is 12.3. The molecule has 0 aliphatic heterocycles. The zero-order chi connectivity index (χ0) is 16.2. The number of amides is 1. The first-order valence-corrected chi connectivity index (χ1v) is 9.49. The van der Waals surface area contributed by atoms with Gasteiger partial charge >= 0.3 is 0 Å².